The first-order valence-electron chi connectivity index (χ1n) is 5.74. The number of hydrogen-bond donors (Lipinski definition) is 2. The van der Waals surface area contributed by atoms with Crippen molar-refractivity contribution in [3.05, 3.63) is 0 Å². The van der Waals surface area contributed by atoms with Gasteiger partial charge in [0.2, 0.25) is 10.0 Å². The van der Waals surface area contributed by atoms with Crippen LogP contribution in [0.4, 0.5) is 0 Å². The van der Waals surface area contributed by atoms with Crippen LogP contribution in [0.5, 0.6) is 0 Å². The van der Waals surface area contributed by atoms with E-state index in [0.29, 0.717) is 6.54 Å². The maximum Gasteiger partial charge on any atom is 0.213 e. The van der Waals surface area contributed by atoms with E-state index in [1.54, 1.807) is 0 Å². The molecule has 2 N–H and O–H groups in total. The zero-order valence-corrected chi connectivity index (χ0v) is 10.4. The molecule has 15 heavy (non-hydrogen) atoms. The maximum absolute atomic E-state index is 11.6. The molecule has 0 spiro atoms. The molecule has 0 aromatic rings. The lowest BCUT2D eigenvalue weighted by Crippen LogP contribution is -2.37. The Labute approximate surface area is 92.9 Å². The summed E-state index contributed by atoms with van der Waals surface area (Å²) >= 11 is 0. The molecule has 1 aliphatic carbocycles. The molecule has 1 unspecified atom stereocenters. The Morgan fingerprint density at radius 1 is 1.40 bits per heavy atom. The molecule has 1 atom stereocenters. The van der Waals surface area contributed by atoms with Gasteiger partial charge in [-0.25, -0.2) is 13.1 Å². The van der Waals surface area contributed by atoms with Crippen molar-refractivity contribution in [2.24, 2.45) is 5.92 Å². The van der Waals surface area contributed by atoms with Crippen LogP contribution in [0, 0.1) is 5.92 Å². The third kappa shape index (κ3) is 6.12. The molecule has 0 radical (unpaired) electrons. The van der Waals surface area contributed by atoms with Gasteiger partial charge in [0.05, 0.1) is 5.75 Å². The highest BCUT2D eigenvalue weighted by atomic mass is 32.2. The van der Waals surface area contributed by atoms with E-state index in [1.165, 1.54) is 12.8 Å². The Hall–Kier alpha value is -0.130. The van der Waals surface area contributed by atoms with E-state index in [1.807, 2.05) is 13.8 Å². The second-order valence-corrected chi connectivity index (χ2v) is 6.24. The minimum atomic E-state index is -3.08. The van der Waals surface area contributed by atoms with Crippen molar-refractivity contribution in [2.45, 2.75) is 39.2 Å². The van der Waals surface area contributed by atoms with Crippen LogP contribution in [0.2, 0.25) is 0 Å². The predicted molar refractivity (Wildman–Crippen MR) is 62.3 cm³/mol. The molecule has 1 rings (SSSR count). The normalized spacial score (nSPS) is 19.1. The molecule has 0 heterocycles. The number of rotatable bonds is 8. The molecular weight excluding hydrogens is 212 g/mol. The first-order chi connectivity index (χ1) is 7.03. The highest BCUT2D eigenvalue weighted by Crippen LogP contribution is 2.33. The van der Waals surface area contributed by atoms with Gasteiger partial charge in [-0.15, -0.1) is 0 Å². The van der Waals surface area contributed by atoms with Gasteiger partial charge in [0, 0.05) is 12.6 Å². The molecule has 0 saturated heterocycles. The van der Waals surface area contributed by atoms with Crippen LogP contribution in [0.25, 0.3) is 0 Å². The van der Waals surface area contributed by atoms with E-state index in [0.717, 1.165) is 18.9 Å². The minimum Gasteiger partial charge on any atom is -0.316 e. The highest BCUT2D eigenvalue weighted by molar-refractivity contribution is 7.89. The summed E-state index contributed by atoms with van der Waals surface area (Å²) in [7, 11) is -3.08. The molecule has 0 aliphatic heterocycles. The van der Waals surface area contributed by atoms with Crippen molar-refractivity contribution in [3.8, 4) is 0 Å². The van der Waals surface area contributed by atoms with E-state index in [4.69, 9.17) is 0 Å². The van der Waals surface area contributed by atoms with Crippen molar-refractivity contribution in [1.29, 1.82) is 0 Å². The summed E-state index contributed by atoms with van der Waals surface area (Å²) in [5.41, 5.74) is 0. The molecule has 0 amide bonds. The van der Waals surface area contributed by atoms with Gasteiger partial charge in [0.25, 0.3) is 0 Å². The summed E-state index contributed by atoms with van der Waals surface area (Å²) in [6.45, 7) is 5.26. The molecule has 0 aromatic carbocycles. The Morgan fingerprint density at radius 3 is 2.60 bits per heavy atom. The quantitative estimate of drug-likeness (QED) is 0.608. The van der Waals surface area contributed by atoms with Crippen LogP contribution >= 0.6 is 0 Å². The summed E-state index contributed by atoms with van der Waals surface area (Å²) < 4.78 is 25.9. The van der Waals surface area contributed by atoms with Gasteiger partial charge in [0.15, 0.2) is 0 Å². The van der Waals surface area contributed by atoms with Crippen LogP contribution in [0.3, 0.4) is 0 Å². The lowest BCUT2D eigenvalue weighted by molar-refractivity contribution is 0.528. The summed E-state index contributed by atoms with van der Waals surface area (Å²) in [5.74, 6) is 0.937. The first kappa shape index (κ1) is 12.9. The molecule has 90 valence electrons. The van der Waals surface area contributed by atoms with Crippen molar-refractivity contribution in [2.75, 3.05) is 18.8 Å². The average molecular weight is 234 g/mol. The molecule has 1 aliphatic rings. The Kier molecular flexibility index (Phi) is 5.02. The van der Waals surface area contributed by atoms with E-state index in [-0.39, 0.29) is 11.8 Å². The fourth-order valence-corrected chi connectivity index (χ4v) is 2.89. The molecule has 0 bridgehead atoms. The third-order valence-electron chi connectivity index (χ3n) is 2.56. The molecular formula is C10H22N2O2S. The second kappa shape index (κ2) is 5.82. The van der Waals surface area contributed by atoms with Crippen molar-refractivity contribution >= 4 is 10.0 Å². The predicted octanol–water partition coefficient (Wildman–Crippen LogP) is 0.704. The van der Waals surface area contributed by atoms with Crippen LogP contribution in [0.15, 0.2) is 0 Å². The molecule has 4 nitrogen and oxygen atoms in total. The molecule has 1 saturated carbocycles. The highest BCUT2D eigenvalue weighted by Gasteiger charge is 2.25. The zero-order valence-electron chi connectivity index (χ0n) is 9.62. The molecule has 0 aromatic heterocycles. The lowest BCUT2D eigenvalue weighted by Gasteiger charge is -2.13. The van der Waals surface area contributed by atoms with Gasteiger partial charge < -0.3 is 5.32 Å². The zero-order chi connectivity index (χ0) is 11.3. The van der Waals surface area contributed by atoms with Crippen molar-refractivity contribution in [3.63, 3.8) is 0 Å². The summed E-state index contributed by atoms with van der Waals surface area (Å²) in [6.07, 6.45) is 3.52. The van der Waals surface area contributed by atoms with Gasteiger partial charge in [-0.3, -0.25) is 0 Å². The Morgan fingerprint density at radius 2 is 2.07 bits per heavy atom. The third-order valence-corrected chi connectivity index (χ3v) is 4.07. The van der Waals surface area contributed by atoms with Crippen LogP contribution in [-0.2, 0) is 10.0 Å². The smallest absolute Gasteiger partial charge is 0.213 e. The van der Waals surface area contributed by atoms with Gasteiger partial charge in [-0.2, -0.15) is 0 Å². The Balaban J connectivity index is 2.20. The van der Waals surface area contributed by atoms with Gasteiger partial charge in [-0.05, 0) is 25.8 Å². The van der Waals surface area contributed by atoms with E-state index >= 15 is 0 Å². The monoisotopic (exact) mass is 234 g/mol. The first-order valence-corrected chi connectivity index (χ1v) is 7.39. The van der Waals surface area contributed by atoms with Crippen molar-refractivity contribution < 1.29 is 8.42 Å². The number of hydrogen-bond acceptors (Lipinski definition) is 3. The molecule has 5 heteroatoms. The van der Waals surface area contributed by atoms with Gasteiger partial charge in [0.1, 0.15) is 0 Å². The van der Waals surface area contributed by atoms with Crippen LogP contribution in [-0.4, -0.2) is 33.3 Å². The van der Waals surface area contributed by atoms with Crippen LogP contribution < -0.4 is 10.0 Å². The average Bonchev–Trinajstić information content (AvgIpc) is 2.87. The number of sulfonamides is 1. The van der Waals surface area contributed by atoms with E-state index < -0.39 is 10.0 Å². The van der Waals surface area contributed by atoms with Crippen molar-refractivity contribution in [1.82, 2.24) is 10.0 Å². The fraction of sp³-hybridized carbons (Fsp3) is 1.00. The fourth-order valence-electron chi connectivity index (χ4n) is 1.65. The lowest BCUT2D eigenvalue weighted by atomic mass is 10.2. The van der Waals surface area contributed by atoms with E-state index in [9.17, 15) is 8.42 Å². The summed E-state index contributed by atoms with van der Waals surface area (Å²) in [6, 6.07) is 0.0872. The minimum absolute atomic E-state index is 0.0872. The van der Waals surface area contributed by atoms with Crippen LogP contribution in [0.1, 0.15) is 33.1 Å². The number of nitrogens with one attached hydrogen (secondary N) is 2. The standard InChI is InChI=1S/C10H22N2O2S/c1-3-11-6-7-15(13,14)12-9(2)8-10-4-5-10/h9-12H,3-8H2,1-2H3. The second-order valence-electron chi connectivity index (χ2n) is 4.37. The summed E-state index contributed by atoms with van der Waals surface area (Å²) in [5, 5.41) is 3.01. The summed E-state index contributed by atoms with van der Waals surface area (Å²) in [4.78, 5) is 0. The Bertz CT molecular complexity index is 273. The van der Waals surface area contributed by atoms with Gasteiger partial charge >= 0.3 is 0 Å². The largest absolute Gasteiger partial charge is 0.316 e. The molecule has 1 fully saturated rings. The van der Waals surface area contributed by atoms with Gasteiger partial charge in [-0.1, -0.05) is 19.8 Å². The SMILES string of the molecule is CCNCCS(=O)(=O)NC(C)CC1CC1. The maximum atomic E-state index is 11.6. The van der Waals surface area contributed by atoms with E-state index in [2.05, 4.69) is 10.0 Å². The topological polar surface area (TPSA) is 58.2 Å².